The molecule has 21 heavy (non-hydrogen) atoms. The van der Waals surface area contributed by atoms with Crippen molar-refractivity contribution in [2.45, 2.75) is 6.10 Å². The van der Waals surface area contributed by atoms with Crippen molar-refractivity contribution in [2.24, 2.45) is 0 Å². The molecule has 0 aliphatic rings. The second-order valence-electron chi connectivity index (χ2n) is 4.27. The van der Waals surface area contributed by atoms with Gasteiger partial charge in [-0.3, -0.25) is 0 Å². The number of rotatable bonds is 4. The molecular weight excluding hydrogens is 423 g/mol. The number of aliphatic hydroxyl groups is 1. The van der Waals surface area contributed by atoms with Crippen molar-refractivity contribution in [2.75, 3.05) is 14.2 Å². The molecule has 0 heterocycles. The Kier molecular flexibility index (Phi) is 5.54. The summed E-state index contributed by atoms with van der Waals surface area (Å²) >= 11 is 13.0. The molecule has 0 fully saturated rings. The Hall–Kier alpha value is -0.750. The van der Waals surface area contributed by atoms with E-state index in [4.69, 9.17) is 21.1 Å². The van der Waals surface area contributed by atoms with Crippen molar-refractivity contribution in [1.29, 1.82) is 0 Å². The number of benzene rings is 2. The molecule has 6 heteroatoms. The van der Waals surface area contributed by atoms with Crippen LogP contribution in [0.3, 0.4) is 0 Å². The molecule has 0 saturated carbocycles. The maximum atomic E-state index is 10.6. The highest BCUT2D eigenvalue weighted by atomic mass is 79.9. The number of hydrogen-bond donors (Lipinski definition) is 1. The van der Waals surface area contributed by atoms with Crippen molar-refractivity contribution in [3.63, 3.8) is 0 Å². The van der Waals surface area contributed by atoms with Crippen molar-refractivity contribution in [3.05, 3.63) is 55.4 Å². The Morgan fingerprint density at radius 2 is 1.62 bits per heavy atom. The fourth-order valence-electron chi connectivity index (χ4n) is 1.98. The third-order valence-corrected chi connectivity index (χ3v) is 5.07. The van der Waals surface area contributed by atoms with E-state index in [1.54, 1.807) is 32.4 Å². The van der Waals surface area contributed by atoms with Gasteiger partial charge in [-0.15, -0.1) is 0 Å². The number of ether oxygens (including phenoxy) is 2. The Bertz CT molecular complexity index is 662. The van der Waals surface area contributed by atoms with E-state index in [0.717, 1.165) is 4.47 Å². The Morgan fingerprint density at radius 1 is 1.00 bits per heavy atom. The first-order valence-electron chi connectivity index (χ1n) is 6.03. The highest BCUT2D eigenvalue weighted by Gasteiger charge is 2.20. The van der Waals surface area contributed by atoms with Gasteiger partial charge in [0.2, 0.25) is 0 Å². The van der Waals surface area contributed by atoms with Crippen molar-refractivity contribution in [3.8, 4) is 11.5 Å². The van der Waals surface area contributed by atoms with E-state index < -0.39 is 6.10 Å². The molecule has 2 aromatic rings. The number of halogens is 3. The minimum absolute atomic E-state index is 0.478. The van der Waals surface area contributed by atoms with Crippen LogP contribution in [0.4, 0.5) is 0 Å². The standard InChI is InChI=1S/C15H13Br2ClO3/c1-20-12-6-9(11(17)7-13(12)21-2)15(19)8-4-3-5-10(16)14(8)18/h3-7,15,19H,1-2H3. The van der Waals surface area contributed by atoms with Gasteiger partial charge in [0.05, 0.1) is 19.2 Å². The summed E-state index contributed by atoms with van der Waals surface area (Å²) in [5.74, 6) is 1.13. The number of aliphatic hydroxyl groups excluding tert-OH is 1. The lowest BCUT2D eigenvalue weighted by Gasteiger charge is -2.18. The molecule has 3 nitrogen and oxygen atoms in total. The fraction of sp³-hybridized carbons (Fsp3) is 0.200. The lowest BCUT2D eigenvalue weighted by molar-refractivity contribution is 0.218. The van der Waals surface area contributed by atoms with Crippen LogP contribution in [0.2, 0.25) is 5.02 Å². The van der Waals surface area contributed by atoms with Gasteiger partial charge < -0.3 is 14.6 Å². The number of methoxy groups -OCH3 is 2. The van der Waals surface area contributed by atoms with E-state index in [1.807, 2.05) is 12.1 Å². The normalized spacial score (nSPS) is 12.1. The van der Waals surface area contributed by atoms with E-state index >= 15 is 0 Å². The van der Waals surface area contributed by atoms with Gasteiger partial charge in [-0.05, 0) is 34.1 Å². The van der Waals surface area contributed by atoms with E-state index in [1.165, 1.54) is 0 Å². The summed E-state index contributed by atoms with van der Waals surface area (Å²) < 4.78 is 11.9. The smallest absolute Gasteiger partial charge is 0.161 e. The van der Waals surface area contributed by atoms with Gasteiger partial charge in [0, 0.05) is 20.1 Å². The molecule has 0 aliphatic carbocycles. The van der Waals surface area contributed by atoms with Crippen LogP contribution in [0, 0.1) is 0 Å². The molecule has 1 unspecified atom stereocenters. The average Bonchev–Trinajstić information content (AvgIpc) is 2.49. The fourth-order valence-corrected chi connectivity index (χ4v) is 3.13. The van der Waals surface area contributed by atoms with Gasteiger partial charge in [0.1, 0.15) is 6.10 Å². The van der Waals surface area contributed by atoms with Crippen molar-refractivity contribution in [1.82, 2.24) is 0 Å². The highest BCUT2D eigenvalue weighted by molar-refractivity contribution is 9.10. The maximum Gasteiger partial charge on any atom is 0.161 e. The van der Waals surface area contributed by atoms with Crippen LogP contribution in [-0.4, -0.2) is 19.3 Å². The molecule has 1 atom stereocenters. The number of hydrogen-bond acceptors (Lipinski definition) is 3. The van der Waals surface area contributed by atoms with Crippen LogP contribution in [0.25, 0.3) is 0 Å². The molecule has 0 amide bonds. The lowest BCUT2D eigenvalue weighted by atomic mass is 10.0. The third-order valence-electron chi connectivity index (χ3n) is 3.07. The molecule has 112 valence electrons. The van der Waals surface area contributed by atoms with Gasteiger partial charge in [-0.2, -0.15) is 0 Å². The van der Waals surface area contributed by atoms with E-state index in [-0.39, 0.29) is 0 Å². The van der Waals surface area contributed by atoms with Crippen LogP contribution in [0.1, 0.15) is 17.2 Å². The summed E-state index contributed by atoms with van der Waals surface area (Å²) in [5.41, 5.74) is 1.26. The molecule has 0 radical (unpaired) electrons. The molecule has 0 spiro atoms. The zero-order chi connectivity index (χ0) is 15.6. The molecular formula is C15H13Br2ClO3. The first-order valence-corrected chi connectivity index (χ1v) is 7.99. The van der Waals surface area contributed by atoms with E-state index in [9.17, 15) is 5.11 Å². The zero-order valence-electron chi connectivity index (χ0n) is 11.4. The van der Waals surface area contributed by atoms with Crippen LogP contribution in [-0.2, 0) is 0 Å². The van der Waals surface area contributed by atoms with Gasteiger partial charge in [-0.25, -0.2) is 0 Å². The Balaban J connectivity index is 2.53. The Morgan fingerprint density at radius 3 is 2.24 bits per heavy atom. The summed E-state index contributed by atoms with van der Waals surface area (Å²) in [6, 6.07) is 8.90. The van der Waals surface area contributed by atoms with E-state index in [2.05, 4.69) is 31.9 Å². The summed E-state index contributed by atoms with van der Waals surface area (Å²) in [7, 11) is 3.11. The minimum Gasteiger partial charge on any atom is -0.493 e. The van der Waals surface area contributed by atoms with Crippen LogP contribution >= 0.6 is 43.5 Å². The monoisotopic (exact) mass is 434 g/mol. The summed E-state index contributed by atoms with van der Waals surface area (Å²) in [6.07, 6.45) is -0.885. The van der Waals surface area contributed by atoms with Gasteiger partial charge in [0.15, 0.2) is 11.5 Å². The van der Waals surface area contributed by atoms with Crippen LogP contribution in [0.15, 0.2) is 39.3 Å². The SMILES string of the molecule is COc1cc(Br)c(C(O)c2cccc(Br)c2Cl)cc1OC. The van der Waals surface area contributed by atoms with Gasteiger partial charge in [0.25, 0.3) is 0 Å². The quantitative estimate of drug-likeness (QED) is 0.736. The molecule has 0 aliphatic heterocycles. The maximum absolute atomic E-state index is 10.6. The topological polar surface area (TPSA) is 38.7 Å². The zero-order valence-corrected chi connectivity index (χ0v) is 15.3. The first-order chi connectivity index (χ1) is 9.99. The molecule has 1 N–H and O–H groups in total. The molecule has 2 aromatic carbocycles. The molecule has 0 aromatic heterocycles. The predicted octanol–water partition coefficient (Wildman–Crippen LogP) is 4.96. The minimum atomic E-state index is -0.885. The highest BCUT2D eigenvalue weighted by Crippen LogP contribution is 2.40. The summed E-state index contributed by atoms with van der Waals surface area (Å²) in [6.45, 7) is 0. The average molecular weight is 437 g/mol. The third kappa shape index (κ3) is 3.37. The van der Waals surface area contributed by atoms with E-state index in [0.29, 0.717) is 32.1 Å². The largest absolute Gasteiger partial charge is 0.493 e. The van der Waals surface area contributed by atoms with Crippen molar-refractivity contribution >= 4 is 43.5 Å². The molecule has 2 rings (SSSR count). The van der Waals surface area contributed by atoms with Gasteiger partial charge in [-0.1, -0.05) is 39.7 Å². The van der Waals surface area contributed by atoms with Crippen LogP contribution in [0.5, 0.6) is 11.5 Å². The van der Waals surface area contributed by atoms with Gasteiger partial charge >= 0.3 is 0 Å². The molecule has 0 saturated heterocycles. The first kappa shape index (κ1) is 16.6. The molecule has 0 bridgehead atoms. The lowest BCUT2D eigenvalue weighted by Crippen LogP contribution is -2.03. The second kappa shape index (κ2) is 7.01. The predicted molar refractivity (Wildman–Crippen MR) is 90.5 cm³/mol. The van der Waals surface area contributed by atoms with Crippen LogP contribution < -0.4 is 9.47 Å². The van der Waals surface area contributed by atoms with Crippen molar-refractivity contribution < 1.29 is 14.6 Å². The second-order valence-corrected chi connectivity index (χ2v) is 6.36. The Labute approximate surface area is 145 Å². The summed E-state index contributed by atoms with van der Waals surface area (Å²) in [4.78, 5) is 0. The summed E-state index contributed by atoms with van der Waals surface area (Å²) in [5, 5.41) is 11.1.